The van der Waals surface area contributed by atoms with Gasteiger partial charge in [0, 0.05) is 13.1 Å². The summed E-state index contributed by atoms with van der Waals surface area (Å²) >= 11 is 0. The molecule has 12 heavy (non-hydrogen) atoms. The molecule has 69 valence electrons. The van der Waals surface area contributed by atoms with Crippen LogP contribution in [0.15, 0.2) is 0 Å². The fraction of sp³-hybridized carbons (Fsp3) is 0.750. The van der Waals surface area contributed by atoms with Crippen molar-refractivity contribution in [2.75, 3.05) is 19.7 Å². The molecule has 0 saturated carbocycles. The average molecular weight is 172 g/mol. The van der Waals surface area contributed by atoms with Crippen molar-refractivity contribution in [3.8, 4) is 0 Å². The van der Waals surface area contributed by atoms with Gasteiger partial charge in [-0.3, -0.25) is 4.79 Å². The molecule has 0 rings (SSSR count). The smallest absolute Gasteiger partial charge is 0.417 e. The molecule has 4 heteroatoms. The largest absolute Gasteiger partial charge is 0.457 e. The highest BCUT2D eigenvalue weighted by atomic mass is 16.5. The number of carbonyl (C=O) groups is 1. The third kappa shape index (κ3) is 3.95. The summed E-state index contributed by atoms with van der Waals surface area (Å²) in [6.45, 7) is 6.61. The van der Waals surface area contributed by atoms with E-state index in [-0.39, 0.29) is 18.9 Å². The van der Waals surface area contributed by atoms with E-state index in [4.69, 9.17) is 0 Å². The zero-order chi connectivity index (χ0) is 9.40. The Kier molecular flexibility index (Phi) is 6.05. The zero-order valence-corrected chi connectivity index (χ0v) is 7.50. The van der Waals surface area contributed by atoms with E-state index in [0.717, 1.165) is 0 Å². The highest BCUT2D eigenvalue weighted by molar-refractivity contribution is 5.76. The van der Waals surface area contributed by atoms with Crippen LogP contribution >= 0.6 is 0 Å². The summed E-state index contributed by atoms with van der Waals surface area (Å²) in [4.78, 5) is 22.5. The van der Waals surface area contributed by atoms with Crippen molar-refractivity contribution < 1.29 is 14.3 Å². The van der Waals surface area contributed by atoms with Crippen LogP contribution in [0, 0.1) is 0 Å². The fourth-order valence-electron chi connectivity index (χ4n) is 0.914. The van der Waals surface area contributed by atoms with E-state index in [1.54, 1.807) is 4.90 Å². The van der Waals surface area contributed by atoms with E-state index in [2.05, 4.69) is 4.74 Å². The Bertz CT molecular complexity index is 143. The van der Waals surface area contributed by atoms with Crippen LogP contribution in [0.4, 0.5) is 0 Å². The summed E-state index contributed by atoms with van der Waals surface area (Å²) in [6.07, 6.45) is 0.247. The highest BCUT2D eigenvalue weighted by Gasteiger charge is 2.08. The van der Waals surface area contributed by atoms with Gasteiger partial charge in [-0.15, -0.1) is 0 Å². The molecule has 0 aliphatic carbocycles. The second-order valence-corrected chi connectivity index (χ2v) is 2.25. The number of carbonyl (C=O) groups excluding carboxylic acids is 2. The molecule has 0 bridgehead atoms. The molecule has 1 radical (unpaired) electrons. The first-order valence-corrected chi connectivity index (χ1v) is 4.02. The molecule has 0 fully saturated rings. The van der Waals surface area contributed by atoms with Gasteiger partial charge in [0.2, 0.25) is 5.91 Å². The summed E-state index contributed by atoms with van der Waals surface area (Å²) < 4.78 is 4.29. The van der Waals surface area contributed by atoms with Crippen molar-refractivity contribution in [1.29, 1.82) is 0 Å². The first-order valence-electron chi connectivity index (χ1n) is 4.02. The van der Waals surface area contributed by atoms with Crippen molar-refractivity contribution in [2.45, 2.75) is 20.3 Å². The van der Waals surface area contributed by atoms with Gasteiger partial charge in [0.25, 0.3) is 0 Å². The molecule has 0 heterocycles. The number of hydrogen-bond donors (Lipinski definition) is 0. The molecule has 0 aromatic carbocycles. The molecular formula is C8H14NO3. The molecule has 0 aromatic heterocycles. The molecule has 0 atom stereocenters. The molecule has 0 aliphatic rings. The van der Waals surface area contributed by atoms with Crippen LogP contribution < -0.4 is 0 Å². The van der Waals surface area contributed by atoms with Crippen LogP contribution in [0.25, 0.3) is 0 Å². The lowest BCUT2D eigenvalue weighted by Gasteiger charge is -2.17. The lowest BCUT2D eigenvalue weighted by molar-refractivity contribution is -0.131. The Morgan fingerprint density at radius 2 is 2.00 bits per heavy atom. The number of hydrogen-bond acceptors (Lipinski definition) is 3. The number of ether oxygens (including phenoxy) is 1. The molecule has 0 aliphatic heterocycles. The summed E-state index contributed by atoms with van der Waals surface area (Å²) in [6, 6.07) is 0. The summed E-state index contributed by atoms with van der Waals surface area (Å²) in [5.74, 6) is 0.00949. The Hall–Kier alpha value is -1.06. The first-order chi connectivity index (χ1) is 5.76. The standard InChI is InChI=1S/C8H14NO3/c1-3-9(4-2)8(11)5-6-12-7-10/h3-6H2,1-2H3. The third-order valence-corrected chi connectivity index (χ3v) is 1.59. The van der Waals surface area contributed by atoms with E-state index in [1.165, 1.54) is 6.47 Å². The van der Waals surface area contributed by atoms with Gasteiger partial charge in [-0.1, -0.05) is 0 Å². The van der Waals surface area contributed by atoms with Gasteiger partial charge < -0.3 is 9.64 Å². The summed E-state index contributed by atoms with van der Waals surface area (Å²) in [5, 5.41) is 0. The molecule has 0 unspecified atom stereocenters. The lowest BCUT2D eigenvalue weighted by Crippen LogP contribution is -2.31. The van der Waals surface area contributed by atoms with Gasteiger partial charge in [0.15, 0.2) is 0 Å². The van der Waals surface area contributed by atoms with Gasteiger partial charge in [-0.05, 0) is 13.8 Å². The quantitative estimate of drug-likeness (QED) is 0.542. The number of amides is 1. The third-order valence-electron chi connectivity index (χ3n) is 1.59. The topological polar surface area (TPSA) is 46.6 Å². The second-order valence-electron chi connectivity index (χ2n) is 2.25. The number of nitrogens with zero attached hydrogens (tertiary/aromatic N) is 1. The van der Waals surface area contributed by atoms with Gasteiger partial charge in [0.05, 0.1) is 6.42 Å². The minimum absolute atomic E-state index is 0.00949. The van der Waals surface area contributed by atoms with Crippen LogP contribution in [0.1, 0.15) is 20.3 Å². The molecule has 0 spiro atoms. The highest BCUT2D eigenvalue weighted by Crippen LogP contribution is 1.93. The molecule has 1 amide bonds. The van der Waals surface area contributed by atoms with Crippen molar-refractivity contribution in [3.63, 3.8) is 0 Å². The molecule has 4 nitrogen and oxygen atoms in total. The van der Waals surface area contributed by atoms with Gasteiger partial charge in [-0.2, -0.15) is 0 Å². The van der Waals surface area contributed by atoms with Crippen molar-refractivity contribution >= 4 is 12.4 Å². The SMILES string of the molecule is CCN(CC)C(=O)CCO[C]=O. The molecular weight excluding hydrogens is 158 g/mol. The first kappa shape index (κ1) is 10.9. The van der Waals surface area contributed by atoms with Crippen LogP contribution in [0.2, 0.25) is 0 Å². The van der Waals surface area contributed by atoms with Gasteiger partial charge >= 0.3 is 6.47 Å². The Morgan fingerprint density at radius 1 is 1.42 bits per heavy atom. The average Bonchev–Trinajstić information content (AvgIpc) is 2.07. The Labute approximate surface area is 72.5 Å². The maximum atomic E-state index is 11.2. The number of rotatable bonds is 6. The predicted octanol–water partition coefficient (Wildman–Crippen LogP) is 0.329. The van der Waals surface area contributed by atoms with Crippen LogP contribution in [0.5, 0.6) is 0 Å². The predicted molar refractivity (Wildman–Crippen MR) is 44.2 cm³/mol. The monoisotopic (exact) mass is 172 g/mol. The van der Waals surface area contributed by atoms with E-state index in [0.29, 0.717) is 13.1 Å². The normalized spacial score (nSPS) is 9.17. The fourth-order valence-corrected chi connectivity index (χ4v) is 0.914. The van der Waals surface area contributed by atoms with E-state index >= 15 is 0 Å². The summed E-state index contributed by atoms with van der Waals surface area (Å²) in [5.41, 5.74) is 0. The Balaban J connectivity index is 3.61. The minimum Gasteiger partial charge on any atom is -0.457 e. The van der Waals surface area contributed by atoms with Gasteiger partial charge in [-0.25, -0.2) is 4.79 Å². The van der Waals surface area contributed by atoms with Crippen LogP contribution in [-0.2, 0) is 14.3 Å². The van der Waals surface area contributed by atoms with Crippen molar-refractivity contribution in [2.24, 2.45) is 0 Å². The van der Waals surface area contributed by atoms with Gasteiger partial charge in [0.1, 0.15) is 6.61 Å². The van der Waals surface area contributed by atoms with E-state index in [9.17, 15) is 9.59 Å². The van der Waals surface area contributed by atoms with E-state index < -0.39 is 0 Å². The Morgan fingerprint density at radius 3 is 2.42 bits per heavy atom. The summed E-state index contributed by atoms with van der Waals surface area (Å²) in [7, 11) is 0. The molecule has 0 aromatic rings. The maximum absolute atomic E-state index is 11.2. The van der Waals surface area contributed by atoms with Crippen LogP contribution in [-0.4, -0.2) is 37.0 Å². The second kappa shape index (κ2) is 6.64. The van der Waals surface area contributed by atoms with Crippen molar-refractivity contribution in [3.05, 3.63) is 0 Å². The maximum Gasteiger partial charge on any atom is 0.417 e. The lowest BCUT2D eigenvalue weighted by atomic mass is 10.3. The molecule has 0 saturated heterocycles. The van der Waals surface area contributed by atoms with Crippen molar-refractivity contribution in [1.82, 2.24) is 4.90 Å². The zero-order valence-electron chi connectivity index (χ0n) is 7.50. The van der Waals surface area contributed by atoms with E-state index in [1.807, 2.05) is 13.8 Å². The minimum atomic E-state index is 0.00949. The van der Waals surface area contributed by atoms with Crippen LogP contribution in [0.3, 0.4) is 0 Å². The molecule has 0 N–H and O–H groups in total.